The molecule has 0 bridgehead atoms. The summed E-state index contributed by atoms with van der Waals surface area (Å²) in [5, 5.41) is 0. The summed E-state index contributed by atoms with van der Waals surface area (Å²) < 4.78 is 18.7. The molecule has 2 aromatic rings. The van der Waals surface area contributed by atoms with Crippen molar-refractivity contribution in [2.45, 2.75) is 5.88 Å². The average Bonchev–Trinajstić information content (AvgIpc) is 2.33. The zero-order valence-corrected chi connectivity index (χ0v) is 9.25. The molecular weight excluding hydrogens is 227 g/mol. The molecule has 0 spiro atoms. The number of hydrogen-bond donors (Lipinski definition) is 0. The maximum Gasteiger partial charge on any atom is 0.127 e. The molecule has 0 heterocycles. The summed E-state index contributed by atoms with van der Waals surface area (Å²) in [6.45, 7) is 0. The third kappa shape index (κ3) is 2.52. The molecule has 0 aliphatic rings. The Hall–Kier alpha value is -1.54. The van der Waals surface area contributed by atoms with E-state index < -0.39 is 0 Å². The van der Waals surface area contributed by atoms with Crippen LogP contribution in [0.5, 0.6) is 11.5 Å². The summed E-state index contributed by atoms with van der Waals surface area (Å²) in [6, 6.07) is 13.9. The fourth-order valence-corrected chi connectivity index (χ4v) is 1.55. The summed E-state index contributed by atoms with van der Waals surface area (Å²) in [5.41, 5.74) is 0.440. The van der Waals surface area contributed by atoms with Gasteiger partial charge in [-0.3, -0.25) is 0 Å². The number of halogens is 2. The van der Waals surface area contributed by atoms with E-state index in [-0.39, 0.29) is 11.7 Å². The van der Waals surface area contributed by atoms with Gasteiger partial charge < -0.3 is 4.74 Å². The van der Waals surface area contributed by atoms with Gasteiger partial charge in [-0.2, -0.15) is 0 Å². The van der Waals surface area contributed by atoms with Crippen LogP contribution in [-0.2, 0) is 5.88 Å². The maximum absolute atomic E-state index is 13.2. The SMILES string of the molecule is Fc1ccc(Oc2ccccc2)cc1CCl. The molecule has 0 radical (unpaired) electrons. The van der Waals surface area contributed by atoms with Gasteiger partial charge in [-0.05, 0) is 30.3 Å². The predicted molar refractivity (Wildman–Crippen MR) is 62.5 cm³/mol. The molecule has 0 saturated heterocycles. The second kappa shape index (κ2) is 4.99. The highest BCUT2D eigenvalue weighted by Crippen LogP contribution is 2.24. The number of alkyl halides is 1. The molecule has 0 unspecified atom stereocenters. The zero-order chi connectivity index (χ0) is 11.4. The molecule has 0 saturated carbocycles. The van der Waals surface area contributed by atoms with Crippen molar-refractivity contribution >= 4 is 11.6 Å². The minimum absolute atomic E-state index is 0.137. The van der Waals surface area contributed by atoms with Crippen LogP contribution in [0.15, 0.2) is 48.5 Å². The minimum atomic E-state index is -0.310. The number of benzene rings is 2. The third-order valence-electron chi connectivity index (χ3n) is 2.14. The van der Waals surface area contributed by atoms with Crippen molar-refractivity contribution in [3.8, 4) is 11.5 Å². The van der Waals surface area contributed by atoms with Crippen LogP contribution in [-0.4, -0.2) is 0 Å². The Morgan fingerprint density at radius 3 is 2.44 bits per heavy atom. The first-order valence-electron chi connectivity index (χ1n) is 4.87. The van der Waals surface area contributed by atoms with Gasteiger partial charge in [0, 0.05) is 5.56 Å². The van der Waals surface area contributed by atoms with Crippen LogP contribution in [0.3, 0.4) is 0 Å². The summed E-state index contributed by atoms with van der Waals surface area (Å²) >= 11 is 5.61. The van der Waals surface area contributed by atoms with E-state index >= 15 is 0 Å². The van der Waals surface area contributed by atoms with E-state index in [9.17, 15) is 4.39 Å². The molecule has 0 N–H and O–H groups in total. The van der Waals surface area contributed by atoms with Gasteiger partial charge >= 0.3 is 0 Å². The molecule has 1 nitrogen and oxygen atoms in total. The first-order chi connectivity index (χ1) is 7.79. The molecule has 0 fully saturated rings. The molecule has 0 aliphatic heterocycles. The van der Waals surface area contributed by atoms with E-state index in [1.165, 1.54) is 6.07 Å². The van der Waals surface area contributed by atoms with Gasteiger partial charge in [0.05, 0.1) is 5.88 Å². The van der Waals surface area contributed by atoms with Crippen LogP contribution in [0.25, 0.3) is 0 Å². The highest BCUT2D eigenvalue weighted by atomic mass is 35.5. The molecule has 2 aromatic carbocycles. The Kier molecular flexibility index (Phi) is 3.42. The molecule has 16 heavy (non-hydrogen) atoms. The van der Waals surface area contributed by atoms with Gasteiger partial charge in [-0.25, -0.2) is 4.39 Å². The van der Waals surface area contributed by atoms with Crippen LogP contribution in [0, 0.1) is 5.82 Å². The molecule has 0 amide bonds. The average molecular weight is 237 g/mol. The Morgan fingerprint density at radius 2 is 1.75 bits per heavy atom. The quantitative estimate of drug-likeness (QED) is 0.720. The van der Waals surface area contributed by atoms with Gasteiger partial charge in [0.15, 0.2) is 0 Å². The Morgan fingerprint density at radius 1 is 1.00 bits per heavy atom. The minimum Gasteiger partial charge on any atom is -0.457 e. The molecule has 82 valence electrons. The van der Waals surface area contributed by atoms with E-state index in [0.717, 1.165) is 5.75 Å². The molecular formula is C13H10ClFO. The highest BCUT2D eigenvalue weighted by molar-refractivity contribution is 6.17. The maximum atomic E-state index is 13.2. The predicted octanol–water partition coefficient (Wildman–Crippen LogP) is 4.36. The van der Waals surface area contributed by atoms with Gasteiger partial charge in [0.2, 0.25) is 0 Å². The molecule has 3 heteroatoms. The van der Waals surface area contributed by atoms with E-state index in [1.807, 2.05) is 30.3 Å². The lowest BCUT2D eigenvalue weighted by atomic mass is 10.2. The topological polar surface area (TPSA) is 9.23 Å². The van der Waals surface area contributed by atoms with E-state index in [4.69, 9.17) is 16.3 Å². The smallest absolute Gasteiger partial charge is 0.127 e. The summed E-state index contributed by atoms with van der Waals surface area (Å²) in [5.74, 6) is 1.13. The zero-order valence-electron chi connectivity index (χ0n) is 8.49. The van der Waals surface area contributed by atoms with E-state index in [1.54, 1.807) is 12.1 Å². The molecule has 0 aromatic heterocycles. The summed E-state index contributed by atoms with van der Waals surface area (Å²) in [7, 11) is 0. The second-order valence-electron chi connectivity index (χ2n) is 3.30. The first-order valence-corrected chi connectivity index (χ1v) is 5.40. The van der Waals surface area contributed by atoms with E-state index in [0.29, 0.717) is 11.3 Å². The fourth-order valence-electron chi connectivity index (χ4n) is 1.34. The van der Waals surface area contributed by atoms with Gasteiger partial charge in [-0.15, -0.1) is 11.6 Å². The number of para-hydroxylation sites is 1. The lowest BCUT2D eigenvalue weighted by Gasteiger charge is -2.07. The summed E-state index contributed by atoms with van der Waals surface area (Å²) in [4.78, 5) is 0. The summed E-state index contributed by atoms with van der Waals surface area (Å²) in [6.07, 6.45) is 0. The van der Waals surface area contributed by atoms with Crippen molar-refractivity contribution in [1.82, 2.24) is 0 Å². The van der Waals surface area contributed by atoms with Crippen LogP contribution in [0.2, 0.25) is 0 Å². The second-order valence-corrected chi connectivity index (χ2v) is 3.57. The van der Waals surface area contributed by atoms with Crippen molar-refractivity contribution < 1.29 is 9.13 Å². The standard InChI is InChI=1S/C13H10ClFO/c14-9-10-8-12(6-7-13(10)15)16-11-4-2-1-3-5-11/h1-8H,9H2. The van der Waals surface area contributed by atoms with Crippen LogP contribution in [0.1, 0.15) is 5.56 Å². The van der Waals surface area contributed by atoms with Crippen molar-refractivity contribution in [2.75, 3.05) is 0 Å². The van der Waals surface area contributed by atoms with Crippen LogP contribution < -0.4 is 4.74 Å². The van der Waals surface area contributed by atoms with Crippen molar-refractivity contribution in [2.24, 2.45) is 0 Å². The Labute approximate surface area is 98.4 Å². The lowest BCUT2D eigenvalue weighted by Crippen LogP contribution is -1.89. The fraction of sp³-hybridized carbons (Fsp3) is 0.0769. The van der Waals surface area contributed by atoms with Crippen LogP contribution >= 0.6 is 11.6 Å². The molecule has 2 rings (SSSR count). The Bertz CT molecular complexity index is 471. The highest BCUT2D eigenvalue weighted by Gasteiger charge is 2.03. The van der Waals surface area contributed by atoms with Crippen LogP contribution in [0.4, 0.5) is 4.39 Å². The van der Waals surface area contributed by atoms with Crippen molar-refractivity contribution in [3.05, 3.63) is 59.9 Å². The third-order valence-corrected chi connectivity index (χ3v) is 2.43. The monoisotopic (exact) mass is 236 g/mol. The van der Waals surface area contributed by atoms with Crippen molar-refractivity contribution in [1.29, 1.82) is 0 Å². The van der Waals surface area contributed by atoms with Crippen molar-refractivity contribution in [3.63, 3.8) is 0 Å². The number of rotatable bonds is 3. The van der Waals surface area contributed by atoms with Gasteiger partial charge in [0.1, 0.15) is 17.3 Å². The lowest BCUT2D eigenvalue weighted by molar-refractivity contribution is 0.479. The van der Waals surface area contributed by atoms with Gasteiger partial charge in [-0.1, -0.05) is 18.2 Å². The molecule has 0 aliphatic carbocycles. The Balaban J connectivity index is 2.22. The largest absolute Gasteiger partial charge is 0.457 e. The normalized spacial score (nSPS) is 10.1. The molecule has 0 atom stereocenters. The van der Waals surface area contributed by atoms with Gasteiger partial charge in [0.25, 0.3) is 0 Å². The first kappa shape index (κ1) is 11.0. The number of ether oxygens (including phenoxy) is 1. The van der Waals surface area contributed by atoms with E-state index in [2.05, 4.69) is 0 Å². The number of hydrogen-bond acceptors (Lipinski definition) is 1.